The van der Waals surface area contributed by atoms with Crippen LogP contribution < -0.4 is 0 Å². The van der Waals surface area contributed by atoms with E-state index in [1.165, 1.54) is 0 Å². The maximum absolute atomic E-state index is 8.38. The molecule has 2 nitrogen and oxygen atoms in total. The summed E-state index contributed by atoms with van der Waals surface area (Å²) in [5, 5.41) is 0. The van der Waals surface area contributed by atoms with Gasteiger partial charge < -0.3 is 0 Å². The molecule has 0 aliphatic carbocycles. The second kappa shape index (κ2) is 28.8. The average molecular weight is 196 g/mol. The van der Waals surface area contributed by atoms with Gasteiger partial charge in [0.15, 0.2) is 0 Å². The van der Waals surface area contributed by atoms with Gasteiger partial charge in [-0.15, -0.1) is 0 Å². The Morgan fingerprint density at radius 3 is 1.25 bits per heavy atom. The third kappa shape index (κ3) is 10.5. The van der Waals surface area contributed by atoms with Gasteiger partial charge in [-0.25, -0.2) is 0 Å². The van der Waals surface area contributed by atoms with Crippen molar-refractivity contribution in [3.63, 3.8) is 0 Å². The van der Waals surface area contributed by atoms with Crippen LogP contribution in [0.5, 0.6) is 0 Å². The molecule has 0 aromatic heterocycles. The van der Waals surface area contributed by atoms with Crippen molar-refractivity contribution in [3.8, 4) is 0 Å². The van der Waals surface area contributed by atoms with E-state index in [0.717, 1.165) is 0 Å². The molecule has 0 saturated heterocycles. The minimum atomic E-state index is 0.100. The van der Waals surface area contributed by atoms with Crippen LogP contribution in [0.4, 0.5) is 0 Å². The molecule has 0 aliphatic rings. The Balaban J connectivity index is 0. The summed E-state index contributed by atoms with van der Waals surface area (Å²) >= 11 is 0.225. The molecular formula is H2GeO2Y. The molecule has 0 aromatic rings. The van der Waals surface area contributed by atoms with Crippen molar-refractivity contribution in [3.05, 3.63) is 0 Å². The molecule has 0 aromatic carbocycles. The molecule has 0 rings (SSSR count). The van der Waals surface area contributed by atoms with Crippen LogP contribution in [0.1, 0.15) is 0 Å². The molecule has 0 radical (unpaired) electrons. The Bertz CT molecular complexity index is 8.00. The Labute approximate surface area is 52.8 Å². The van der Waals surface area contributed by atoms with Gasteiger partial charge in [-0.3, -0.25) is 0 Å². The predicted octanol–water partition coefficient (Wildman–Crippen LogP) is -1.16. The Hall–Kier alpha value is 1.25. The third-order valence-corrected chi connectivity index (χ3v) is 0. The molecule has 0 atom stereocenters. The molecule has 0 spiro atoms. The summed E-state index contributed by atoms with van der Waals surface area (Å²) in [5.74, 6) is 0. The third-order valence-electron chi connectivity index (χ3n) is 0. The van der Waals surface area contributed by atoms with Crippen molar-refractivity contribution in [2.75, 3.05) is 0 Å². The first-order valence-electron chi connectivity index (χ1n) is 0.524. The van der Waals surface area contributed by atoms with Gasteiger partial charge in [0.2, 0.25) is 0 Å². The fourth-order valence-electron chi connectivity index (χ4n) is 0. The fourth-order valence-corrected chi connectivity index (χ4v) is 0. The van der Waals surface area contributed by atoms with Gasteiger partial charge in [0.25, 0.3) is 0 Å². The first-order valence-corrected chi connectivity index (χ1v) is 2.89. The van der Waals surface area contributed by atoms with Gasteiger partial charge in [-0.2, -0.15) is 0 Å². The predicted molar refractivity (Wildman–Crippen MR) is 9.92 cm³/mol. The molecule has 0 heterocycles. The van der Waals surface area contributed by atoms with E-state index in [0.29, 0.717) is 0 Å². The minimum absolute atomic E-state index is 0.100. The normalized spacial score (nSPS) is 2.50. The van der Waals surface area contributed by atoms with Crippen LogP contribution in [0.3, 0.4) is 0 Å². The van der Waals surface area contributed by atoms with Crippen molar-refractivity contribution in [1.82, 2.24) is 0 Å². The van der Waals surface area contributed by atoms with Gasteiger partial charge in [-0.1, -0.05) is 0 Å². The van der Waals surface area contributed by atoms with Crippen LogP contribution in [-0.4, -0.2) is 16.5 Å². The molecular weight excluding hydrogens is 194 g/mol. The van der Waals surface area contributed by atoms with Crippen molar-refractivity contribution >= 4 is 16.5 Å². The van der Waals surface area contributed by atoms with Gasteiger partial charge in [0, 0.05) is 0 Å². The van der Waals surface area contributed by atoms with Crippen LogP contribution >= 0.6 is 0 Å². The van der Waals surface area contributed by atoms with Crippen LogP contribution in [0.15, 0.2) is 0 Å². The molecule has 0 aliphatic heterocycles. The molecule has 21 valence electrons. The van der Waals surface area contributed by atoms with Crippen molar-refractivity contribution in [1.29, 1.82) is 0 Å². The number of rotatable bonds is 0. The first-order chi connectivity index (χ1) is 2.00. The maximum atomic E-state index is 8.38. The van der Waals surface area contributed by atoms with E-state index < -0.39 is 0 Å². The zero-order valence-electron chi connectivity index (χ0n) is 2.10. The van der Waals surface area contributed by atoms with Crippen molar-refractivity contribution < 1.29 is 36.8 Å². The Morgan fingerprint density at radius 2 is 1.25 bits per heavy atom. The second-order valence-electron chi connectivity index (χ2n) is 0. The standard InChI is InChI=1S/GeH2O.O.Y/c1-2;;/h1H2;;. The van der Waals surface area contributed by atoms with Gasteiger partial charge >= 0.3 is 53.3 Å². The van der Waals surface area contributed by atoms with E-state index in [1.54, 1.807) is 0 Å². The molecule has 0 amide bonds. The summed E-state index contributed by atoms with van der Waals surface area (Å²) in [7, 11) is 0. The van der Waals surface area contributed by atoms with E-state index in [4.69, 9.17) is 5.82 Å². The SMILES string of the molecule is [O]=[GeH2].[O]=[Y]. The molecule has 0 unspecified atom stereocenters. The van der Waals surface area contributed by atoms with Crippen LogP contribution in [-0.2, 0) is 36.8 Å². The van der Waals surface area contributed by atoms with Crippen LogP contribution in [0, 0.1) is 0 Å². The molecule has 0 N–H and O–H groups in total. The second-order valence-corrected chi connectivity index (χ2v) is 0. The van der Waals surface area contributed by atoms with Crippen LogP contribution in [0.2, 0.25) is 0 Å². The zero-order chi connectivity index (χ0) is 4.00. The molecule has 4 heteroatoms. The van der Waals surface area contributed by atoms with Crippen LogP contribution in [0.25, 0.3) is 0 Å². The molecule has 4 heavy (non-hydrogen) atoms. The molecule has 0 saturated carbocycles. The zero-order valence-corrected chi connectivity index (χ0v) is 7.91. The van der Waals surface area contributed by atoms with Gasteiger partial charge in [-0.05, 0) is 0 Å². The summed E-state index contributed by atoms with van der Waals surface area (Å²) < 4.78 is 16.8. The van der Waals surface area contributed by atoms with Crippen molar-refractivity contribution in [2.24, 2.45) is 0 Å². The monoisotopic (exact) mass is 197 g/mol. The number of hydrogen-bond donors (Lipinski definition) is 0. The summed E-state index contributed by atoms with van der Waals surface area (Å²) in [4.78, 5) is 0. The Morgan fingerprint density at radius 1 is 1.25 bits per heavy atom. The van der Waals surface area contributed by atoms with E-state index in [1.807, 2.05) is 0 Å². The van der Waals surface area contributed by atoms with E-state index in [9.17, 15) is 0 Å². The first kappa shape index (κ1) is 8.98. The topological polar surface area (TPSA) is 34.1 Å². The Kier molecular flexibility index (Phi) is 64.6. The average Bonchev–Trinajstić information content (AvgIpc) is 1.50. The van der Waals surface area contributed by atoms with E-state index in [-0.39, 0.29) is 47.5 Å². The van der Waals surface area contributed by atoms with E-state index >= 15 is 0 Å². The van der Waals surface area contributed by atoms with Gasteiger partial charge in [0.1, 0.15) is 0 Å². The summed E-state index contributed by atoms with van der Waals surface area (Å²) in [6.07, 6.45) is 0. The summed E-state index contributed by atoms with van der Waals surface area (Å²) in [6, 6.07) is 0. The fraction of sp³-hybridized carbons (Fsp3) is 0. The summed E-state index contributed by atoms with van der Waals surface area (Å²) in [5.41, 5.74) is 0. The van der Waals surface area contributed by atoms with E-state index in [2.05, 4.69) is 0 Å². The van der Waals surface area contributed by atoms with Crippen molar-refractivity contribution in [2.45, 2.75) is 0 Å². The summed E-state index contributed by atoms with van der Waals surface area (Å²) in [6.45, 7) is 0. The number of hydrogen-bond acceptors (Lipinski definition) is 2. The molecule has 0 fully saturated rings. The molecule has 0 bridgehead atoms. The quantitative estimate of drug-likeness (QED) is 0.457. The van der Waals surface area contributed by atoms with Gasteiger partial charge in [0.05, 0.1) is 0 Å².